The third kappa shape index (κ3) is 3.39. The number of nitrogens with one attached hydrogen (secondary N) is 1. The molecule has 1 aliphatic carbocycles. The molecule has 1 fully saturated rings. The van der Waals surface area contributed by atoms with Crippen LogP contribution in [0.15, 0.2) is 36.5 Å². The van der Waals surface area contributed by atoms with Gasteiger partial charge in [0.2, 0.25) is 5.91 Å². The summed E-state index contributed by atoms with van der Waals surface area (Å²) in [5.74, 6) is 0.0140. The predicted molar refractivity (Wildman–Crippen MR) is 83.8 cm³/mol. The van der Waals surface area contributed by atoms with Gasteiger partial charge in [0, 0.05) is 23.7 Å². The summed E-state index contributed by atoms with van der Waals surface area (Å²) in [4.78, 5) is 16.5. The minimum absolute atomic E-state index is 0.0140. The summed E-state index contributed by atoms with van der Waals surface area (Å²) in [5.41, 5.74) is 6.87. The molecule has 0 unspecified atom stereocenters. The van der Waals surface area contributed by atoms with Crippen LogP contribution < -0.4 is 11.1 Å². The molecule has 4 heteroatoms. The molecule has 0 saturated heterocycles. The Bertz CT molecular complexity index is 641. The summed E-state index contributed by atoms with van der Waals surface area (Å²) in [6.07, 6.45) is 6.43. The van der Waals surface area contributed by atoms with Crippen LogP contribution in [0.5, 0.6) is 0 Å². The first-order valence-corrected chi connectivity index (χ1v) is 7.61. The van der Waals surface area contributed by atoms with E-state index in [1.807, 2.05) is 36.5 Å². The van der Waals surface area contributed by atoms with Crippen molar-refractivity contribution in [2.24, 2.45) is 5.73 Å². The van der Waals surface area contributed by atoms with Crippen molar-refractivity contribution in [3.05, 3.63) is 42.2 Å². The zero-order valence-corrected chi connectivity index (χ0v) is 12.1. The molecule has 2 atom stereocenters. The molecular formula is C17H21N3O. The summed E-state index contributed by atoms with van der Waals surface area (Å²) in [7, 11) is 0. The number of pyridine rings is 1. The maximum atomic E-state index is 12.2. The number of aromatic nitrogens is 1. The molecule has 2 aromatic rings. The molecule has 4 nitrogen and oxygen atoms in total. The van der Waals surface area contributed by atoms with E-state index in [4.69, 9.17) is 5.73 Å². The van der Waals surface area contributed by atoms with Gasteiger partial charge in [-0.2, -0.15) is 0 Å². The quantitative estimate of drug-likeness (QED) is 0.907. The Hall–Kier alpha value is -1.94. The fraction of sp³-hybridized carbons (Fsp3) is 0.412. The minimum atomic E-state index is 0.0140. The molecule has 1 amide bonds. The molecule has 1 saturated carbocycles. The highest BCUT2D eigenvalue weighted by Gasteiger charge is 2.23. The van der Waals surface area contributed by atoms with Crippen molar-refractivity contribution in [3.8, 4) is 0 Å². The summed E-state index contributed by atoms with van der Waals surface area (Å²) < 4.78 is 0. The number of benzene rings is 1. The molecular weight excluding hydrogens is 262 g/mol. The molecule has 1 aromatic carbocycles. The second-order valence-corrected chi connectivity index (χ2v) is 5.82. The average Bonchev–Trinajstić information content (AvgIpc) is 2.49. The molecule has 0 spiro atoms. The first kappa shape index (κ1) is 14.0. The van der Waals surface area contributed by atoms with Crippen LogP contribution in [-0.2, 0) is 11.2 Å². The molecule has 3 N–H and O–H groups in total. The van der Waals surface area contributed by atoms with Gasteiger partial charge < -0.3 is 11.1 Å². The summed E-state index contributed by atoms with van der Waals surface area (Å²) >= 11 is 0. The van der Waals surface area contributed by atoms with Crippen molar-refractivity contribution < 1.29 is 4.79 Å². The van der Waals surface area contributed by atoms with Crippen LogP contribution in [0.2, 0.25) is 0 Å². The fourth-order valence-corrected chi connectivity index (χ4v) is 2.99. The molecule has 3 rings (SSSR count). The highest BCUT2D eigenvalue weighted by molar-refractivity contribution is 5.84. The topological polar surface area (TPSA) is 68.0 Å². The minimum Gasteiger partial charge on any atom is -0.351 e. The zero-order chi connectivity index (χ0) is 14.7. The Kier molecular flexibility index (Phi) is 4.15. The van der Waals surface area contributed by atoms with Crippen LogP contribution in [0.3, 0.4) is 0 Å². The maximum absolute atomic E-state index is 12.2. The number of hydrogen-bond acceptors (Lipinski definition) is 3. The smallest absolute Gasteiger partial charge is 0.226 e. The van der Waals surface area contributed by atoms with E-state index >= 15 is 0 Å². The van der Waals surface area contributed by atoms with E-state index in [-0.39, 0.29) is 18.0 Å². The van der Waals surface area contributed by atoms with Gasteiger partial charge in [-0.3, -0.25) is 9.78 Å². The van der Waals surface area contributed by atoms with Gasteiger partial charge in [0.15, 0.2) is 0 Å². The number of rotatable bonds is 3. The van der Waals surface area contributed by atoms with Gasteiger partial charge in [-0.1, -0.05) is 37.1 Å². The van der Waals surface area contributed by atoms with Crippen molar-refractivity contribution in [2.45, 2.75) is 44.2 Å². The lowest BCUT2D eigenvalue weighted by Gasteiger charge is -2.29. The third-order valence-corrected chi connectivity index (χ3v) is 4.20. The largest absolute Gasteiger partial charge is 0.351 e. The number of carbonyl (C=O) groups is 1. The summed E-state index contributed by atoms with van der Waals surface area (Å²) in [5, 5.41) is 5.27. The van der Waals surface area contributed by atoms with E-state index < -0.39 is 0 Å². The summed E-state index contributed by atoms with van der Waals surface area (Å²) in [6.45, 7) is 0. The second kappa shape index (κ2) is 6.22. The number of nitrogens with zero attached hydrogens (tertiary/aromatic N) is 1. The van der Waals surface area contributed by atoms with Crippen molar-refractivity contribution in [3.63, 3.8) is 0 Å². The Morgan fingerprint density at radius 3 is 2.81 bits per heavy atom. The van der Waals surface area contributed by atoms with Gasteiger partial charge in [0.1, 0.15) is 0 Å². The van der Waals surface area contributed by atoms with Gasteiger partial charge in [-0.15, -0.1) is 0 Å². The van der Waals surface area contributed by atoms with Gasteiger partial charge in [-0.05, 0) is 24.3 Å². The average molecular weight is 283 g/mol. The lowest BCUT2D eigenvalue weighted by Crippen LogP contribution is -2.49. The lowest BCUT2D eigenvalue weighted by molar-refractivity contribution is -0.121. The van der Waals surface area contributed by atoms with Gasteiger partial charge in [0.25, 0.3) is 0 Å². The van der Waals surface area contributed by atoms with Crippen molar-refractivity contribution >= 4 is 16.7 Å². The third-order valence-electron chi connectivity index (χ3n) is 4.20. The first-order valence-electron chi connectivity index (χ1n) is 7.61. The highest BCUT2D eigenvalue weighted by atomic mass is 16.1. The highest BCUT2D eigenvalue weighted by Crippen LogP contribution is 2.17. The Morgan fingerprint density at radius 1 is 1.24 bits per heavy atom. The predicted octanol–water partition coefficient (Wildman–Crippen LogP) is 2.16. The maximum Gasteiger partial charge on any atom is 0.226 e. The Morgan fingerprint density at radius 2 is 2.00 bits per heavy atom. The molecule has 1 heterocycles. The van der Waals surface area contributed by atoms with Crippen molar-refractivity contribution in [1.82, 2.24) is 10.3 Å². The molecule has 0 aliphatic heterocycles. The second-order valence-electron chi connectivity index (χ2n) is 5.82. The number of hydrogen-bond donors (Lipinski definition) is 2. The molecule has 1 aliphatic rings. The van der Waals surface area contributed by atoms with Crippen molar-refractivity contribution in [2.75, 3.05) is 0 Å². The molecule has 1 aromatic heterocycles. The SMILES string of the molecule is N[C@H]1CCCC[C@@H]1NC(=O)Cc1cc2ccccc2cn1. The van der Waals surface area contributed by atoms with E-state index in [0.717, 1.165) is 35.7 Å². The number of nitrogens with two attached hydrogens (primary N) is 1. The van der Waals surface area contributed by atoms with E-state index in [0.29, 0.717) is 6.42 Å². The van der Waals surface area contributed by atoms with E-state index in [1.165, 1.54) is 6.42 Å². The van der Waals surface area contributed by atoms with Crippen LogP contribution in [0.1, 0.15) is 31.4 Å². The standard InChI is InChI=1S/C17H21N3O/c18-15-7-3-4-8-16(15)20-17(21)10-14-9-12-5-1-2-6-13(12)11-19-14/h1-2,5-6,9,11,15-16H,3-4,7-8,10,18H2,(H,20,21)/t15-,16-/m0/s1. The van der Waals surface area contributed by atoms with Gasteiger partial charge >= 0.3 is 0 Å². The molecule has 0 radical (unpaired) electrons. The van der Waals surface area contributed by atoms with Crippen LogP contribution in [0.4, 0.5) is 0 Å². The van der Waals surface area contributed by atoms with Gasteiger partial charge in [-0.25, -0.2) is 0 Å². The van der Waals surface area contributed by atoms with Crippen LogP contribution in [0.25, 0.3) is 10.8 Å². The zero-order valence-electron chi connectivity index (χ0n) is 12.1. The van der Waals surface area contributed by atoms with Gasteiger partial charge in [0.05, 0.1) is 12.1 Å². The fourth-order valence-electron chi connectivity index (χ4n) is 2.99. The molecule has 0 bridgehead atoms. The monoisotopic (exact) mass is 283 g/mol. The molecule has 21 heavy (non-hydrogen) atoms. The normalized spacial score (nSPS) is 22.1. The number of carbonyl (C=O) groups excluding carboxylic acids is 1. The summed E-state index contributed by atoms with van der Waals surface area (Å²) in [6, 6.07) is 10.2. The van der Waals surface area contributed by atoms with E-state index in [2.05, 4.69) is 10.3 Å². The Balaban J connectivity index is 1.65. The number of fused-ring (bicyclic) bond motifs is 1. The first-order chi connectivity index (χ1) is 10.2. The molecule has 110 valence electrons. The van der Waals surface area contributed by atoms with Crippen LogP contribution >= 0.6 is 0 Å². The number of amides is 1. The van der Waals surface area contributed by atoms with Crippen LogP contribution in [-0.4, -0.2) is 23.0 Å². The van der Waals surface area contributed by atoms with E-state index in [9.17, 15) is 4.79 Å². The van der Waals surface area contributed by atoms with Crippen LogP contribution in [0, 0.1) is 0 Å². The Labute approximate surface area is 124 Å². The van der Waals surface area contributed by atoms with E-state index in [1.54, 1.807) is 0 Å². The van der Waals surface area contributed by atoms with Crippen molar-refractivity contribution in [1.29, 1.82) is 0 Å². The lowest BCUT2D eigenvalue weighted by atomic mass is 9.91.